The monoisotopic (exact) mass is 423 g/mol. The second-order valence-corrected chi connectivity index (χ2v) is 8.54. The van der Waals surface area contributed by atoms with Crippen LogP contribution in [-0.4, -0.2) is 43.9 Å². The minimum atomic E-state index is -0.304. The molecule has 162 valence electrons. The molecule has 0 unspecified atom stereocenters. The van der Waals surface area contributed by atoms with Crippen molar-refractivity contribution in [3.63, 3.8) is 0 Å². The van der Waals surface area contributed by atoms with E-state index in [1.165, 1.54) is 18.3 Å². The Morgan fingerprint density at radius 2 is 1.97 bits per heavy atom. The van der Waals surface area contributed by atoms with Crippen LogP contribution in [0.5, 0.6) is 0 Å². The van der Waals surface area contributed by atoms with Crippen LogP contribution in [0.3, 0.4) is 0 Å². The molecular formula is C23H26FN5O2. The quantitative estimate of drug-likeness (QED) is 0.691. The van der Waals surface area contributed by atoms with Gasteiger partial charge in [0, 0.05) is 24.4 Å². The Kier molecular flexibility index (Phi) is 5.58. The summed E-state index contributed by atoms with van der Waals surface area (Å²) < 4.78 is 20.6. The zero-order chi connectivity index (χ0) is 22.2. The highest BCUT2D eigenvalue weighted by Crippen LogP contribution is 2.25. The molecule has 2 aromatic heterocycles. The fraction of sp³-hybridized carbons (Fsp3) is 0.391. The van der Waals surface area contributed by atoms with E-state index in [0.29, 0.717) is 29.5 Å². The standard InChI is InChI=1S/C23H26FN5O2/c1-14-12-25-22(28-20(14)16-5-7-17(24)8-6-16)29-15(2)19(13-26-29)21(30)27-18-9-10-31-23(3,4)11-18/h5-8,12-13,18H,9-11H2,1-4H3,(H,27,30)/t18-/m0/s1. The van der Waals surface area contributed by atoms with E-state index in [-0.39, 0.29) is 23.4 Å². The van der Waals surface area contributed by atoms with Crippen LogP contribution in [0.4, 0.5) is 4.39 Å². The topological polar surface area (TPSA) is 81.9 Å². The lowest BCUT2D eigenvalue weighted by Crippen LogP contribution is -2.45. The highest BCUT2D eigenvalue weighted by atomic mass is 19.1. The lowest BCUT2D eigenvalue weighted by molar-refractivity contribution is -0.0615. The predicted octanol–water partition coefficient (Wildman–Crippen LogP) is 3.77. The van der Waals surface area contributed by atoms with Crippen molar-refractivity contribution in [3.05, 3.63) is 59.3 Å². The second kappa shape index (κ2) is 8.19. The van der Waals surface area contributed by atoms with E-state index in [1.54, 1.807) is 23.0 Å². The number of carbonyl (C=O) groups excluding carboxylic acids is 1. The van der Waals surface area contributed by atoms with Gasteiger partial charge in [0.25, 0.3) is 11.9 Å². The number of ether oxygens (including phenoxy) is 1. The smallest absolute Gasteiger partial charge is 0.254 e. The van der Waals surface area contributed by atoms with Crippen molar-refractivity contribution in [1.29, 1.82) is 0 Å². The third-order valence-corrected chi connectivity index (χ3v) is 5.55. The second-order valence-electron chi connectivity index (χ2n) is 8.54. The van der Waals surface area contributed by atoms with Crippen molar-refractivity contribution in [2.75, 3.05) is 6.61 Å². The average molecular weight is 423 g/mol. The molecule has 1 N–H and O–H groups in total. The summed E-state index contributed by atoms with van der Waals surface area (Å²) in [5, 5.41) is 7.45. The summed E-state index contributed by atoms with van der Waals surface area (Å²) in [5.41, 5.74) is 3.22. The van der Waals surface area contributed by atoms with Crippen molar-refractivity contribution in [1.82, 2.24) is 25.1 Å². The van der Waals surface area contributed by atoms with Crippen LogP contribution in [-0.2, 0) is 4.74 Å². The maximum atomic E-state index is 13.3. The third kappa shape index (κ3) is 4.49. The Morgan fingerprint density at radius 3 is 2.68 bits per heavy atom. The minimum absolute atomic E-state index is 0.0553. The van der Waals surface area contributed by atoms with Crippen molar-refractivity contribution in [2.24, 2.45) is 0 Å². The Morgan fingerprint density at radius 1 is 1.23 bits per heavy atom. The van der Waals surface area contributed by atoms with Gasteiger partial charge in [-0.1, -0.05) is 0 Å². The third-order valence-electron chi connectivity index (χ3n) is 5.55. The van der Waals surface area contributed by atoms with Crippen molar-refractivity contribution in [2.45, 2.75) is 52.2 Å². The average Bonchev–Trinajstić information content (AvgIpc) is 3.10. The maximum absolute atomic E-state index is 13.3. The fourth-order valence-corrected chi connectivity index (χ4v) is 3.89. The molecule has 1 atom stereocenters. The number of carbonyl (C=O) groups is 1. The molecule has 8 heteroatoms. The van der Waals surface area contributed by atoms with Crippen molar-refractivity contribution >= 4 is 5.91 Å². The molecule has 0 spiro atoms. The van der Waals surface area contributed by atoms with Gasteiger partial charge in [0.15, 0.2) is 0 Å². The van der Waals surface area contributed by atoms with Gasteiger partial charge in [-0.25, -0.2) is 19.0 Å². The summed E-state index contributed by atoms with van der Waals surface area (Å²) in [6.45, 7) is 8.40. The fourth-order valence-electron chi connectivity index (χ4n) is 3.89. The minimum Gasteiger partial charge on any atom is -0.375 e. The normalized spacial score (nSPS) is 18.0. The number of amides is 1. The Bertz CT molecular complexity index is 1110. The molecule has 0 radical (unpaired) electrons. The van der Waals surface area contributed by atoms with Gasteiger partial charge < -0.3 is 10.1 Å². The zero-order valence-electron chi connectivity index (χ0n) is 18.1. The van der Waals surface area contributed by atoms with Gasteiger partial charge in [0.1, 0.15) is 5.82 Å². The van der Waals surface area contributed by atoms with Gasteiger partial charge >= 0.3 is 0 Å². The van der Waals surface area contributed by atoms with Crippen molar-refractivity contribution < 1.29 is 13.9 Å². The molecule has 1 aliphatic heterocycles. The van der Waals surface area contributed by atoms with Gasteiger partial charge in [0.05, 0.1) is 28.7 Å². The van der Waals surface area contributed by atoms with E-state index in [0.717, 1.165) is 24.0 Å². The zero-order valence-corrected chi connectivity index (χ0v) is 18.1. The number of nitrogens with one attached hydrogen (secondary N) is 1. The van der Waals surface area contributed by atoms with Crippen LogP contribution in [0, 0.1) is 19.7 Å². The van der Waals surface area contributed by atoms with Gasteiger partial charge in [-0.2, -0.15) is 5.10 Å². The Labute approximate surface area is 180 Å². The van der Waals surface area contributed by atoms with Crippen LogP contribution in [0.1, 0.15) is 48.3 Å². The SMILES string of the molecule is Cc1cnc(-n2ncc(C(=O)N[C@H]3CCOC(C)(C)C3)c2C)nc1-c1ccc(F)cc1. The molecule has 7 nitrogen and oxygen atoms in total. The van der Waals surface area contributed by atoms with Gasteiger partial charge in [-0.3, -0.25) is 4.79 Å². The summed E-state index contributed by atoms with van der Waals surface area (Å²) in [4.78, 5) is 21.9. The maximum Gasteiger partial charge on any atom is 0.254 e. The molecule has 1 fully saturated rings. The lowest BCUT2D eigenvalue weighted by Gasteiger charge is -2.35. The number of nitrogens with zero attached hydrogens (tertiary/aromatic N) is 4. The predicted molar refractivity (Wildman–Crippen MR) is 115 cm³/mol. The molecule has 0 bridgehead atoms. The molecule has 0 aliphatic carbocycles. The summed E-state index contributed by atoms with van der Waals surface area (Å²) in [7, 11) is 0. The number of halogens is 1. The molecule has 4 rings (SSSR count). The molecule has 0 saturated carbocycles. The number of rotatable bonds is 4. The van der Waals surface area contributed by atoms with E-state index in [4.69, 9.17) is 4.74 Å². The summed E-state index contributed by atoms with van der Waals surface area (Å²) in [6.07, 6.45) is 4.78. The van der Waals surface area contributed by atoms with E-state index in [1.807, 2.05) is 27.7 Å². The van der Waals surface area contributed by atoms with Gasteiger partial charge in [-0.05, 0) is 70.4 Å². The van der Waals surface area contributed by atoms with E-state index >= 15 is 0 Å². The highest BCUT2D eigenvalue weighted by molar-refractivity contribution is 5.95. The number of aromatic nitrogens is 4. The Hall–Kier alpha value is -3.13. The molecule has 1 amide bonds. The summed E-state index contributed by atoms with van der Waals surface area (Å²) in [6, 6.07) is 6.21. The van der Waals surface area contributed by atoms with E-state index in [2.05, 4.69) is 20.4 Å². The van der Waals surface area contributed by atoms with Crippen LogP contribution >= 0.6 is 0 Å². The molecule has 1 aliphatic rings. The first kappa shape index (κ1) is 21.1. The first-order valence-electron chi connectivity index (χ1n) is 10.3. The summed E-state index contributed by atoms with van der Waals surface area (Å²) >= 11 is 0. The van der Waals surface area contributed by atoms with Gasteiger partial charge in [-0.15, -0.1) is 0 Å². The van der Waals surface area contributed by atoms with E-state index in [9.17, 15) is 9.18 Å². The first-order valence-corrected chi connectivity index (χ1v) is 10.3. The summed E-state index contributed by atoms with van der Waals surface area (Å²) in [5.74, 6) is -0.117. The first-order chi connectivity index (χ1) is 14.7. The number of hydrogen-bond acceptors (Lipinski definition) is 5. The van der Waals surface area contributed by atoms with Crippen LogP contribution < -0.4 is 5.32 Å². The van der Waals surface area contributed by atoms with Crippen LogP contribution in [0.25, 0.3) is 17.2 Å². The molecular weight excluding hydrogens is 397 g/mol. The lowest BCUT2D eigenvalue weighted by atomic mass is 9.94. The number of aryl methyl sites for hydroxylation is 1. The van der Waals surface area contributed by atoms with Crippen molar-refractivity contribution in [3.8, 4) is 17.2 Å². The molecule has 1 saturated heterocycles. The Balaban J connectivity index is 1.59. The van der Waals surface area contributed by atoms with Crippen LogP contribution in [0.2, 0.25) is 0 Å². The molecule has 31 heavy (non-hydrogen) atoms. The highest BCUT2D eigenvalue weighted by Gasteiger charge is 2.30. The molecule has 3 aromatic rings. The molecule has 1 aromatic carbocycles. The largest absolute Gasteiger partial charge is 0.375 e. The molecule has 3 heterocycles. The van der Waals surface area contributed by atoms with Crippen LogP contribution in [0.15, 0.2) is 36.7 Å². The van der Waals surface area contributed by atoms with Gasteiger partial charge in [0.2, 0.25) is 0 Å². The number of benzene rings is 1. The number of hydrogen-bond donors (Lipinski definition) is 1. The van der Waals surface area contributed by atoms with E-state index < -0.39 is 0 Å².